The smallest absolute Gasteiger partial charge is 0.238 e. The van der Waals surface area contributed by atoms with E-state index in [2.05, 4.69) is 137 Å². The van der Waals surface area contributed by atoms with Gasteiger partial charge in [0.05, 0.1) is 22.1 Å². The SMILES string of the molecule is C1=CCC(c2nc(-c3ccccc3)nc(-n3c4ccccc4c4cc5c6ccccc6n(-c6ccccc6)c5cc43)n2)C=C1. The Balaban J connectivity index is 1.39. The van der Waals surface area contributed by atoms with Crippen molar-refractivity contribution in [2.45, 2.75) is 12.3 Å². The monoisotopic (exact) mass is 565 g/mol. The highest BCUT2D eigenvalue weighted by atomic mass is 15.2. The first-order chi connectivity index (χ1) is 21.8. The van der Waals surface area contributed by atoms with Crippen molar-refractivity contribution in [2.24, 2.45) is 0 Å². The molecular formula is C39H27N5. The number of hydrogen-bond acceptors (Lipinski definition) is 3. The van der Waals surface area contributed by atoms with E-state index in [0.29, 0.717) is 11.8 Å². The van der Waals surface area contributed by atoms with E-state index >= 15 is 0 Å². The van der Waals surface area contributed by atoms with Gasteiger partial charge >= 0.3 is 0 Å². The summed E-state index contributed by atoms with van der Waals surface area (Å²) in [7, 11) is 0. The molecule has 0 saturated heterocycles. The molecule has 0 spiro atoms. The Labute approximate surface area is 254 Å². The van der Waals surface area contributed by atoms with Crippen molar-refractivity contribution in [3.8, 4) is 23.0 Å². The Morgan fingerprint density at radius 3 is 1.86 bits per heavy atom. The van der Waals surface area contributed by atoms with Crippen LogP contribution in [0.5, 0.6) is 0 Å². The van der Waals surface area contributed by atoms with Gasteiger partial charge in [0, 0.05) is 38.7 Å². The fraction of sp³-hybridized carbons (Fsp3) is 0.0513. The van der Waals surface area contributed by atoms with E-state index in [0.717, 1.165) is 40.0 Å². The number of nitrogens with zero attached hydrogens (tertiary/aromatic N) is 5. The topological polar surface area (TPSA) is 48.5 Å². The van der Waals surface area contributed by atoms with Gasteiger partial charge in [-0.05, 0) is 42.8 Å². The minimum Gasteiger partial charge on any atom is -0.309 e. The van der Waals surface area contributed by atoms with Gasteiger partial charge in [-0.25, -0.2) is 4.98 Å². The summed E-state index contributed by atoms with van der Waals surface area (Å²) in [4.78, 5) is 15.3. The Bertz CT molecular complexity index is 2410. The van der Waals surface area contributed by atoms with Crippen LogP contribution in [0, 0.1) is 0 Å². The summed E-state index contributed by atoms with van der Waals surface area (Å²) >= 11 is 0. The van der Waals surface area contributed by atoms with Gasteiger partial charge in [0.2, 0.25) is 5.95 Å². The summed E-state index contributed by atoms with van der Waals surface area (Å²) < 4.78 is 4.58. The standard InChI is InChI=1S/C39H27N5/c1-4-14-26(15-5-1)37-40-38(27-16-6-2-7-17-27)42-39(41-37)44-34-23-13-11-21-30(34)32-24-31-29-20-10-12-22-33(29)43(35(31)25-36(32)44)28-18-8-3-9-19-28/h1-16,18-25,27H,17H2. The van der Waals surface area contributed by atoms with Crippen LogP contribution in [0.2, 0.25) is 0 Å². The summed E-state index contributed by atoms with van der Waals surface area (Å²) in [6, 6.07) is 42.7. The first-order valence-corrected chi connectivity index (χ1v) is 15.0. The molecule has 3 heterocycles. The van der Waals surface area contributed by atoms with Crippen LogP contribution in [-0.2, 0) is 0 Å². The van der Waals surface area contributed by atoms with Gasteiger partial charge in [0.25, 0.3) is 0 Å². The molecule has 5 nitrogen and oxygen atoms in total. The third-order valence-corrected chi connectivity index (χ3v) is 8.67. The normalized spacial score (nSPS) is 14.8. The molecule has 0 N–H and O–H groups in total. The van der Waals surface area contributed by atoms with E-state index in [1.807, 2.05) is 18.2 Å². The molecule has 1 aliphatic carbocycles. The number of rotatable bonds is 4. The first kappa shape index (κ1) is 24.8. The van der Waals surface area contributed by atoms with Crippen molar-refractivity contribution >= 4 is 43.6 Å². The minimum absolute atomic E-state index is 0.0876. The third-order valence-electron chi connectivity index (χ3n) is 8.67. The molecule has 5 heteroatoms. The molecule has 0 aliphatic heterocycles. The number of benzene rings is 5. The lowest BCUT2D eigenvalue weighted by molar-refractivity contribution is 0.750. The fourth-order valence-corrected chi connectivity index (χ4v) is 6.64. The van der Waals surface area contributed by atoms with Gasteiger partial charge < -0.3 is 4.57 Å². The van der Waals surface area contributed by atoms with Gasteiger partial charge in [-0.15, -0.1) is 0 Å². The summed E-state index contributed by atoms with van der Waals surface area (Å²) in [5.74, 6) is 2.17. The Hall–Kier alpha value is -5.81. The lowest BCUT2D eigenvalue weighted by Gasteiger charge is -2.15. The van der Waals surface area contributed by atoms with E-state index < -0.39 is 0 Å². The predicted octanol–water partition coefficient (Wildman–Crippen LogP) is 9.33. The highest BCUT2D eigenvalue weighted by Crippen LogP contribution is 2.39. The lowest BCUT2D eigenvalue weighted by atomic mass is 10.00. The molecular weight excluding hydrogens is 538 g/mol. The average Bonchev–Trinajstić information content (AvgIpc) is 3.60. The van der Waals surface area contributed by atoms with Crippen molar-refractivity contribution in [2.75, 3.05) is 0 Å². The van der Waals surface area contributed by atoms with Gasteiger partial charge in [0.15, 0.2) is 5.82 Å². The van der Waals surface area contributed by atoms with Crippen LogP contribution < -0.4 is 0 Å². The van der Waals surface area contributed by atoms with E-state index in [1.54, 1.807) is 0 Å². The summed E-state index contributed by atoms with van der Waals surface area (Å²) in [6.07, 6.45) is 9.39. The maximum Gasteiger partial charge on any atom is 0.238 e. The van der Waals surface area contributed by atoms with Crippen LogP contribution in [0.25, 0.3) is 66.6 Å². The van der Waals surface area contributed by atoms with Crippen LogP contribution in [-0.4, -0.2) is 24.1 Å². The van der Waals surface area contributed by atoms with Crippen molar-refractivity contribution in [3.05, 3.63) is 151 Å². The minimum atomic E-state index is 0.0876. The van der Waals surface area contributed by atoms with Crippen molar-refractivity contribution in [1.29, 1.82) is 0 Å². The predicted molar refractivity (Wildman–Crippen MR) is 180 cm³/mol. The summed E-state index contributed by atoms with van der Waals surface area (Å²) in [6.45, 7) is 0. The zero-order chi connectivity index (χ0) is 29.0. The highest BCUT2D eigenvalue weighted by molar-refractivity contribution is 6.19. The largest absolute Gasteiger partial charge is 0.309 e. The molecule has 8 aromatic rings. The molecule has 44 heavy (non-hydrogen) atoms. The van der Waals surface area contributed by atoms with Gasteiger partial charge in [0.1, 0.15) is 5.82 Å². The Morgan fingerprint density at radius 1 is 0.523 bits per heavy atom. The maximum absolute atomic E-state index is 5.18. The second-order valence-corrected chi connectivity index (χ2v) is 11.3. The second kappa shape index (κ2) is 9.89. The van der Waals surface area contributed by atoms with Gasteiger partial charge in [-0.3, -0.25) is 4.57 Å². The fourth-order valence-electron chi connectivity index (χ4n) is 6.64. The first-order valence-electron chi connectivity index (χ1n) is 15.0. The molecule has 0 fully saturated rings. The zero-order valence-electron chi connectivity index (χ0n) is 23.9. The number of hydrogen-bond donors (Lipinski definition) is 0. The van der Waals surface area contributed by atoms with Crippen molar-refractivity contribution in [3.63, 3.8) is 0 Å². The maximum atomic E-state index is 5.18. The van der Waals surface area contributed by atoms with Crippen LogP contribution in [0.3, 0.4) is 0 Å². The molecule has 1 atom stereocenters. The molecule has 3 aromatic heterocycles. The van der Waals surface area contributed by atoms with Crippen molar-refractivity contribution in [1.82, 2.24) is 24.1 Å². The Kier molecular flexibility index (Phi) is 5.56. The van der Waals surface area contributed by atoms with Gasteiger partial charge in [-0.1, -0.05) is 109 Å². The molecule has 208 valence electrons. The number of allylic oxidation sites excluding steroid dienone is 4. The van der Waals surface area contributed by atoms with E-state index in [1.165, 1.54) is 27.1 Å². The van der Waals surface area contributed by atoms with Crippen LogP contribution in [0.1, 0.15) is 18.2 Å². The van der Waals surface area contributed by atoms with Crippen LogP contribution in [0.15, 0.2) is 146 Å². The second-order valence-electron chi connectivity index (χ2n) is 11.3. The lowest BCUT2D eigenvalue weighted by Crippen LogP contribution is -2.11. The Morgan fingerprint density at radius 2 is 1.16 bits per heavy atom. The number of para-hydroxylation sites is 3. The zero-order valence-corrected chi connectivity index (χ0v) is 23.9. The van der Waals surface area contributed by atoms with Gasteiger partial charge in [-0.2, -0.15) is 9.97 Å². The highest BCUT2D eigenvalue weighted by Gasteiger charge is 2.22. The molecule has 1 unspecified atom stereocenters. The average molecular weight is 566 g/mol. The molecule has 0 radical (unpaired) electrons. The summed E-state index contributed by atoms with van der Waals surface area (Å²) in [5, 5.41) is 4.80. The van der Waals surface area contributed by atoms with Crippen LogP contribution >= 0.6 is 0 Å². The molecule has 5 aromatic carbocycles. The molecule has 0 amide bonds. The molecule has 9 rings (SSSR count). The summed E-state index contributed by atoms with van der Waals surface area (Å²) in [5.41, 5.74) is 6.57. The van der Waals surface area contributed by atoms with Crippen LogP contribution in [0.4, 0.5) is 0 Å². The third kappa shape index (κ3) is 3.83. The molecule has 1 aliphatic rings. The number of aromatic nitrogens is 5. The number of fused-ring (bicyclic) bond motifs is 6. The molecule has 0 bridgehead atoms. The van der Waals surface area contributed by atoms with E-state index in [9.17, 15) is 0 Å². The molecule has 0 saturated carbocycles. The van der Waals surface area contributed by atoms with E-state index in [-0.39, 0.29) is 5.92 Å². The van der Waals surface area contributed by atoms with E-state index in [4.69, 9.17) is 15.0 Å². The van der Waals surface area contributed by atoms with Crippen molar-refractivity contribution < 1.29 is 0 Å². The quantitative estimate of drug-likeness (QED) is 0.214.